The Morgan fingerprint density at radius 3 is 3.14 bits per heavy atom. The summed E-state index contributed by atoms with van der Waals surface area (Å²) in [5.74, 6) is 0.355. The molecule has 0 unspecified atom stereocenters. The number of ether oxygens (including phenoxy) is 2. The summed E-state index contributed by atoms with van der Waals surface area (Å²) in [6, 6.07) is 4.04. The van der Waals surface area contributed by atoms with Crippen LogP contribution < -0.4 is 10.5 Å². The third-order valence-corrected chi connectivity index (χ3v) is 3.78. The Balaban J connectivity index is 1.93. The zero-order chi connectivity index (χ0) is 15.0. The molecule has 110 valence electrons. The van der Waals surface area contributed by atoms with Gasteiger partial charge in [-0.2, -0.15) is 5.10 Å². The highest BCUT2D eigenvalue weighted by atomic mass is 79.9. The van der Waals surface area contributed by atoms with E-state index >= 15 is 0 Å². The molecule has 2 heterocycles. The van der Waals surface area contributed by atoms with Crippen molar-refractivity contribution in [1.82, 2.24) is 9.78 Å². The number of halogens is 1. The molecule has 0 saturated carbocycles. The number of rotatable bonds is 3. The van der Waals surface area contributed by atoms with E-state index in [9.17, 15) is 4.79 Å². The molecule has 0 fully saturated rings. The molecule has 2 N–H and O–H groups in total. The highest BCUT2D eigenvalue weighted by Gasteiger charge is 2.20. The first-order valence-electron chi connectivity index (χ1n) is 6.44. The van der Waals surface area contributed by atoms with E-state index in [1.807, 2.05) is 6.07 Å². The first-order valence-corrected chi connectivity index (χ1v) is 7.23. The molecule has 0 radical (unpaired) electrons. The number of nitrogens with two attached hydrogens (primary N) is 1. The molecule has 0 aliphatic carbocycles. The molecule has 0 saturated heterocycles. The predicted octanol–water partition coefficient (Wildman–Crippen LogP) is 2.00. The Bertz CT molecular complexity index is 712. The van der Waals surface area contributed by atoms with E-state index in [4.69, 9.17) is 10.5 Å². The fourth-order valence-corrected chi connectivity index (χ4v) is 2.96. The molecule has 0 atom stereocenters. The maximum atomic E-state index is 11.5. The van der Waals surface area contributed by atoms with Crippen LogP contribution in [0.2, 0.25) is 0 Å². The SMILES string of the molecule is COC(=O)c1nn(Cc2cc(Br)cc3c2OCC3)cc1N. The number of fused-ring (bicyclic) bond motifs is 1. The number of anilines is 1. The van der Waals surface area contributed by atoms with Gasteiger partial charge in [0, 0.05) is 22.7 Å². The van der Waals surface area contributed by atoms with Crippen molar-refractivity contribution in [3.05, 3.63) is 39.6 Å². The minimum atomic E-state index is -0.540. The second kappa shape index (κ2) is 5.40. The average Bonchev–Trinajstić information content (AvgIpc) is 3.04. The zero-order valence-corrected chi connectivity index (χ0v) is 13.0. The van der Waals surface area contributed by atoms with Gasteiger partial charge in [0.25, 0.3) is 0 Å². The minimum Gasteiger partial charge on any atom is -0.493 e. The summed E-state index contributed by atoms with van der Waals surface area (Å²) in [4.78, 5) is 11.5. The molecule has 6 nitrogen and oxygen atoms in total. The summed E-state index contributed by atoms with van der Waals surface area (Å²) in [5.41, 5.74) is 8.39. The summed E-state index contributed by atoms with van der Waals surface area (Å²) in [6.07, 6.45) is 2.52. The first-order chi connectivity index (χ1) is 10.1. The second-order valence-corrected chi connectivity index (χ2v) is 5.69. The van der Waals surface area contributed by atoms with Gasteiger partial charge < -0.3 is 15.2 Å². The lowest BCUT2D eigenvalue weighted by atomic mass is 10.1. The number of aromatic nitrogens is 2. The van der Waals surface area contributed by atoms with Crippen LogP contribution in [0.4, 0.5) is 5.69 Å². The number of nitrogens with zero attached hydrogens (tertiary/aromatic N) is 2. The van der Waals surface area contributed by atoms with Gasteiger partial charge in [0.1, 0.15) is 5.75 Å². The lowest BCUT2D eigenvalue weighted by Gasteiger charge is -2.09. The van der Waals surface area contributed by atoms with Crippen LogP contribution >= 0.6 is 15.9 Å². The number of esters is 1. The summed E-state index contributed by atoms with van der Waals surface area (Å²) in [7, 11) is 1.30. The average molecular weight is 352 g/mol. The fraction of sp³-hybridized carbons (Fsp3) is 0.286. The quantitative estimate of drug-likeness (QED) is 0.855. The van der Waals surface area contributed by atoms with Crippen molar-refractivity contribution in [3.63, 3.8) is 0 Å². The highest BCUT2D eigenvalue weighted by molar-refractivity contribution is 9.10. The van der Waals surface area contributed by atoms with Gasteiger partial charge >= 0.3 is 5.97 Å². The zero-order valence-electron chi connectivity index (χ0n) is 11.4. The Labute approximate surface area is 130 Å². The van der Waals surface area contributed by atoms with Crippen LogP contribution in [0.15, 0.2) is 22.8 Å². The number of nitrogen functional groups attached to an aromatic ring is 1. The molecule has 1 aliphatic heterocycles. The van der Waals surface area contributed by atoms with Crippen LogP contribution in [0.5, 0.6) is 5.75 Å². The molecule has 1 aliphatic rings. The van der Waals surface area contributed by atoms with Crippen molar-refractivity contribution in [2.75, 3.05) is 19.5 Å². The summed E-state index contributed by atoms with van der Waals surface area (Å²) >= 11 is 3.50. The molecule has 1 aromatic heterocycles. The molecule has 2 aromatic rings. The van der Waals surface area contributed by atoms with Gasteiger partial charge in [0.05, 0.1) is 25.9 Å². The topological polar surface area (TPSA) is 79.4 Å². The van der Waals surface area contributed by atoms with Gasteiger partial charge in [0.15, 0.2) is 5.69 Å². The Hall–Kier alpha value is -2.02. The molecule has 21 heavy (non-hydrogen) atoms. The lowest BCUT2D eigenvalue weighted by Crippen LogP contribution is -2.07. The van der Waals surface area contributed by atoms with Crippen molar-refractivity contribution >= 4 is 27.6 Å². The number of hydrogen-bond donors (Lipinski definition) is 1. The smallest absolute Gasteiger partial charge is 0.360 e. The van der Waals surface area contributed by atoms with Gasteiger partial charge in [-0.05, 0) is 17.7 Å². The maximum Gasteiger partial charge on any atom is 0.360 e. The van der Waals surface area contributed by atoms with Crippen LogP contribution in [0, 0.1) is 0 Å². The normalized spacial score (nSPS) is 12.9. The van der Waals surface area contributed by atoms with E-state index in [1.54, 1.807) is 10.9 Å². The molecule has 7 heteroatoms. The van der Waals surface area contributed by atoms with Crippen molar-refractivity contribution in [2.45, 2.75) is 13.0 Å². The second-order valence-electron chi connectivity index (χ2n) is 4.77. The van der Waals surface area contributed by atoms with Gasteiger partial charge in [-0.15, -0.1) is 0 Å². The van der Waals surface area contributed by atoms with Crippen molar-refractivity contribution in [1.29, 1.82) is 0 Å². The van der Waals surface area contributed by atoms with E-state index in [1.165, 1.54) is 12.7 Å². The van der Waals surface area contributed by atoms with E-state index in [0.29, 0.717) is 18.8 Å². The van der Waals surface area contributed by atoms with Gasteiger partial charge in [-0.1, -0.05) is 15.9 Å². The largest absolute Gasteiger partial charge is 0.493 e. The summed E-state index contributed by atoms with van der Waals surface area (Å²) < 4.78 is 12.9. The van der Waals surface area contributed by atoms with Crippen LogP contribution in [0.25, 0.3) is 0 Å². The third kappa shape index (κ3) is 2.61. The lowest BCUT2D eigenvalue weighted by molar-refractivity contribution is 0.0594. The summed E-state index contributed by atoms with van der Waals surface area (Å²) in [6.45, 7) is 1.16. The van der Waals surface area contributed by atoms with Gasteiger partial charge in [-0.3, -0.25) is 4.68 Å². The molecule has 1 aromatic carbocycles. The monoisotopic (exact) mass is 351 g/mol. The number of benzene rings is 1. The van der Waals surface area contributed by atoms with Crippen molar-refractivity contribution < 1.29 is 14.3 Å². The van der Waals surface area contributed by atoms with E-state index in [-0.39, 0.29) is 5.69 Å². The van der Waals surface area contributed by atoms with E-state index in [0.717, 1.165) is 22.2 Å². The number of hydrogen-bond acceptors (Lipinski definition) is 5. The van der Waals surface area contributed by atoms with Gasteiger partial charge in [-0.25, -0.2) is 4.79 Å². The first kappa shape index (κ1) is 13.9. The Morgan fingerprint density at radius 1 is 1.57 bits per heavy atom. The Morgan fingerprint density at radius 2 is 2.38 bits per heavy atom. The van der Waals surface area contributed by atoms with Gasteiger partial charge in [0.2, 0.25) is 0 Å². The van der Waals surface area contributed by atoms with Crippen molar-refractivity contribution in [2.24, 2.45) is 0 Å². The third-order valence-electron chi connectivity index (χ3n) is 3.33. The predicted molar refractivity (Wildman–Crippen MR) is 80.4 cm³/mol. The molecule has 0 amide bonds. The van der Waals surface area contributed by atoms with E-state index < -0.39 is 5.97 Å². The summed E-state index contributed by atoms with van der Waals surface area (Å²) in [5, 5.41) is 4.18. The van der Waals surface area contributed by atoms with E-state index in [2.05, 4.69) is 31.8 Å². The fourth-order valence-electron chi connectivity index (χ4n) is 2.41. The number of carbonyl (C=O) groups is 1. The van der Waals surface area contributed by atoms with Crippen LogP contribution in [-0.4, -0.2) is 29.5 Å². The standard InChI is InChI=1S/C14H14BrN3O3/c1-20-14(19)12-11(16)7-18(17-12)6-9-5-10(15)4-8-2-3-21-13(8)9/h4-5,7H,2-3,6,16H2,1H3. The Kier molecular flexibility index (Phi) is 3.59. The minimum absolute atomic E-state index is 0.130. The molecular formula is C14H14BrN3O3. The molecular weight excluding hydrogens is 338 g/mol. The number of methoxy groups -OCH3 is 1. The molecule has 3 rings (SSSR count). The highest BCUT2D eigenvalue weighted by Crippen LogP contribution is 2.33. The van der Waals surface area contributed by atoms with Crippen LogP contribution in [0.1, 0.15) is 21.6 Å². The molecule has 0 spiro atoms. The van der Waals surface area contributed by atoms with Crippen LogP contribution in [-0.2, 0) is 17.7 Å². The molecule has 0 bridgehead atoms. The maximum absolute atomic E-state index is 11.5. The van der Waals surface area contributed by atoms with Crippen molar-refractivity contribution in [3.8, 4) is 5.75 Å². The number of carbonyl (C=O) groups excluding carboxylic acids is 1. The van der Waals surface area contributed by atoms with Crippen LogP contribution in [0.3, 0.4) is 0 Å².